The van der Waals surface area contributed by atoms with Crippen molar-refractivity contribution < 1.29 is 49.0 Å². The van der Waals surface area contributed by atoms with Crippen LogP contribution < -0.4 is 10.2 Å². The number of nitrogens with one attached hydrogen (secondary N) is 1. The van der Waals surface area contributed by atoms with E-state index in [9.17, 15) is 44.3 Å². The van der Waals surface area contributed by atoms with Crippen LogP contribution in [0.25, 0.3) is 0 Å². The summed E-state index contributed by atoms with van der Waals surface area (Å²) in [6, 6.07) is 3.97. The second kappa shape index (κ2) is 10.1. The van der Waals surface area contributed by atoms with Gasteiger partial charge in [0.05, 0.1) is 29.0 Å². The summed E-state index contributed by atoms with van der Waals surface area (Å²) in [4.78, 5) is 14.0. The SMILES string of the molecule is CCOC(=O)N1c2ccc(C(F)(F)F)cc2CCC1(CC)NCc1cc(C(F)(F)F)cc(C(F)(F)F)c1. The number of halogens is 9. The Morgan fingerprint density at radius 3 is 1.95 bits per heavy atom. The summed E-state index contributed by atoms with van der Waals surface area (Å²) in [7, 11) is 0. The zero-order valence-corrected chi connectivity index (χ0v) is 19.7. The third-order valence-corrected chi connectivity index (χ3v) is 6.19. The molecule has 37 heavy (non-hydrogen) atoms. The maximum Gasteiger partial charge on any atom is 0.416 e. The Morgan fingerprint density at radius 2 is 1.46 bits per heavy atom. The van der Waals surface area contributed by atoms with Crippen LogP contribution >= 0.6 is 0 Å². The number of benzene rings is 2. The summed E-state index contributed by atoms with van der Waals surface area (Å²) in [5.41, 5.74) is -5.28. The fourth-order valence-corrected chi connectivity index (χ4v) is 4.34. The summed E-state index contributed by atoms with van der Waals surface area (Å²) < 4.78 is 124. The minimum atomic E-state index is -5.03. The minimum Gasteiger partial charge on any atom is -0.449 e. The average Bonchev–Trinajstić information content (AvgIpc) is 2.80. The van der Waals surface area contributed by atoms with Crippen molar-refractivity contribution in [1.82, 2.24) is 5.32 Å². The highest BCUT2D eigenvalue weighted by Gasteiger charge is 2.45. The van der Waals surface area contributed by atoms with Crippen LogP contribution in [0, 0.1) is 0 Å². The Labute approximate surface area is 206 Å². The van der Waals surface area contributed by atoms with E-state index in [1.165, 1.54) is 6.92 Å². The Morgan fingerprint density at radius 1 is 0.892 bits per heavy atom. The lowest BCUT2D eigenvalue weighted by Gasteiger charge is -2.47. The molecule has 204 valence electrons. The van der Waals surface area contributed by atoms with Gasteiger partial charge >= 0.3 is 24.6 Å². The van der Waals surface area contributed by atoms with E-state index in [2.05, 4.69) is 5.32 Å². The summed E-state index contributed by atoms with van der Waals surface area (Å²) in [6.07, 6.45) is -15.4. The zero-order valence-electron chi connectivity index (χ0n) is 19.7. The maximum atomic E-state index is 13.3. The van der Waals surface area contributed by atoms with Crippen LogP contribution in [0.15, 0.2) is 36.4 Å². The summed E-state index contributed by atoms with van der Waals surface area (Å²) in [5, 5.41) is 2.90. The Balaban J connectivity index is 2.03. The van der Waals surface area contributed by atoms with Gasteiger partial charge in [-0.3, -0.25) is 10.2 Å². The number of amides is 1. The first-order chi connectivity index (χ1) is 17.0. The van der Waals surface area contributed by atoms with Gasteiger partial charge < -0.3 is 4.74 Å². The number of fused-ring (bicyclic) bond motifs is 1. The van der Waals surface area contributed by atoms with Gasteiger partial charge in [-0.25, -0.2) is 4.79 Å². The van der Waals surface area contributed by atoms with Gasteiger partial charge in [0.15, 0.2) is 0 Å². The van der Waals surface area contributed by atoms with Gasteiger partial charge in [-0.15, -0.1) is 0 Å². The number of carbonyl (C=O) groups excluding carboxylic acids is 1. The molecule has 0 saturated heterocycles. The van der Waals surface area contributed by atoms with Gasteiger partial charge in [-0.1, -0.05) is 6.92 Å². The van der Waals surface area contributed by atoms with Crippen LogP contribution in [0.4, 0.5) is 50.0 Å². The molecule has 1 N–H and O–H groups in total. The molecule has 0 radical (unpaired) electrons. The number of rotatable bonds is 5. The van der Waals surface area contributed by atoms with Gasteiger partial charge in [0.1, 0.15) is 5.66 Å². The largest absolute Gasteiger partial charge is 0.449 e. The molecule has 2 aromatic rings. The lowest BCUT2D eigenvalue weighted by atomic mass is 9.87. The first kappa shape index (κ1) is 28.6. The molecular formula is C24H23F9N2O2. The lowest BCUT2D eigenvalue weighted by molar-refractivity contribution is -0.143. The van der Waals surface area contributed by atoms with E-state index in [4.69, 9.17) is 4.74 Å². The second-order valence-electron chi connectivity index (χ2n) is 8.53. The van der Waals surface area contributed by atoms with Gasteiger partial charge in [0.2, 0.25) is 0 Å². The molecular weight excluding hydrogens is 519 g/mol. The van der Waals surface area contributed by atoms with Crippen molar-refractivity contribution >= 4 is 11.8 Å². The monoisotopic (exact) mass is 542 g/mol. The highest BCUT2D eigenvalue weighted by Crippen LogP contribution is 2.42. The van der Waals surface area contributed by atoms with Crippen LogP contribution in [0.5, 0.6) is 0 Å². The number of alkyl halides is 9. The maximum absolute atomic E-state index is 13.3. The molecule has 1 heterocycles. The first-order valence-corrected chi connectivity index (χ1v) is 11.2. The van der Waals surface area contributed by atoms with Gasteiger partial charge in [0.25, 0.3) is 0 Å². The summed E-state index contributed by atoms with van der Waals surface area (Å²) >= 11 is 0. The lowest BCUT2D eigenvalue weighted by Crippen LogP contribution is -2.63. The fourth-order valence-electron chi connectivity index (χ4n) is 4.34. The Kier molecular flexibility index (Phi) is 7.79. The van der Waals surface area contributed by atoms with Crippen molar-refractivity contribution in [3.63, 3.8) is 0 Å². The van der Waals surface area contributed by atoms with E-state index in [0.29, 0.717) is 12.1 Å². The molecule has 0 aliphatic carbocycles. The number of hydrogen-bond donors (Lipinski definition) is 1. The average molecular weight is 542 g/mol. The summed E-state index contributed by atoms with van der Waals surface area (Å²) in [6.45, 7) is 2.57. The number of carbonyl (C=O) groups is 1. The third kappa shape index (κ3) is 6.13. The van der Waals surface area contributed by atoms with Crippen molar-refractivity contribution in [3.05, 3.63) is 64.2 Å². The predicted octanol–water partition coefficient (Wildman–Crippen LogP) is 7.55. The van der Waals surface area contributed by atoms with E-state index in [1.54, 1.807) is 6.92 Å². The molecule has 1 aliphatic heterocycles. The molecule has 4 nitrogen and oxygen atoms in total. The highest BCUT2D eigenvalue weighted by atomic mass is 19.4. The minimum absolute atomic E-state index is 0.0130. The smallest absolute Gasteiger partial charge is 0.416 e. The number of ether oxygens (including phenoxy) is 1. The molecule has 0 aromatic heterocycles. The topological polar surface area (TPSA) is 41.6 Å². The molecule has 13 heteroatoms. The van der Waals surface area contributed by atoms with Crippen LogP contribution in [0.2, 0.25) is 0 Å². The summed E-state index contributed by atoms with van der Waals surface area (Å²) in [5.74, 6) is 0. The Hall–Kier alpha value is -2.96. The van der Waals surface area contributed by atoms with E-state index in [-0.39, 0.29) is 48.8 Å². The van der Waals surface area contributed by atoms with E-state index in [1.807, 2.05) is 0 Å². The molecule has 1 aliphatic rings. The zero-order chi connectivity index (χ0) is 27.8. The van der Waals surface area contributed by atoms with Gasteiger partial charge in [-0.05, 0) is 73.7 Å². The second-order valence-corrected chi connectivity index (χ2v) is 8.53. The van der Waals surface area contributed by atoms with Crippen LogP contribution in [-0.2, 0) is 36.2 Å². The number of anilines is 1. The molecule has 3 rings (SSSR count). The number of nitrogens with zero attached hydrogens (tertiary/aromatic N) is 1. The standard InChI is InChI=1S/C24H23F9N2O2/c1-3-21(34-13-14-9-17(23(28,29)30)12-18(10-14)24(31,32)33)8-7-15-11-16(22(25,26)27)5-6-19(15)35(21)20(36)37-4-2/h5-6,9-12,34H,3-4,7-8,13H2,1-2H3. The normalized spacial score (nSPS) is 18.5. The quantitative estimate of drug-likeness (QED) is 0.397. The van der Waals surface area contributed by atoms with Gasteiger partial charge in [0, 0.05) is 6.54 Å². The number of aryl methyl sites for hydroxylation is 1. The highest BCUT2D eigenvalue weighted by molar-refractivity contribution is 5.91. The van der Waals surface area contributed by atoms with E-state index >= 15 is 0 Å². The van der Waals surface area contributed by atoms with Crippen LogP contribution in [0.3, 0.4) is 0 Å². The first-order valence-electron chi connectivity index (χ1n) is 11.2. The van der Waals surface area contributed by atoms with Crippen molar-refractivity contribution in [1.29, 1.82) is 0 Å². The van der Waals surface area contributed by atoms with E-state index in [0.717, 1.165) is 23.1 Å². The van der Waals surface area contributed by atoms with Crippen molar-refractivity contribution in [2.24, 2.45) is 0 Å². The van der Waals surface area contributed by atoms with Crippen LogP contribution in [0.1, 0.15) is 54.5 Å². The molecule has 1 unspecified atom stereocenters. The molecule has 2 aromatic carbocycles. The predicted molar refractivity (Wildman–Crippen MR) is 116 cm³/mol. The van der Waals surface area contributed by atoms with Crippen molar-refractivity contribution in [2.45, 2.75) is 63.8 Å². The van der Waals surface area contributed by atoms with Crippen molar-refractivity contribution in [3.8, 4) is 0 Å². The molecule has 0 saturated carbocycles. The molecule has 0 bridgehead atoms. The van der Waals surface area contributed by atoms with Gasteiger partial charge in [-0.2, -0.15) is 39.5 Å². The van der Waals surface area contributed by atoms with Crippen LogP contribution in [-0.4, -0.2) is 18.4 Å². The fraction of sp³-hybridized carbons (Fsp3) is 0.458. The number of hydrogen-bond acceptors (Lipinski definition) is 3. The molecule has 1 atom stereocenters. The molecule has 0 spiro atoms. The molecule has 0 fully saturated rings. The molecule has 1 amide bonds. The third-order valence-electron chi connectivity index (χ3n) is 6.19. The van der Waals surface area contributed by atoms with E-state index < -0.39 is 53.5 Å². The van der Waals surface area contributed by atoms with Crippen molar-refractivity contribution in [2.75, 3.05) is 11.5 Å². The Bertz CT molecular complexity index is 1110.